The Labute approximate surface area is 116 Å². The highest BCUT2D eigenvalue weighted by atomic mass is 79.9. The molecule has 0 saturated carbocycles. The molecule has 0 aliphatic rings. The van der Waals surface area contributed by atoms with Crippen molar-refractivity contribution in [3.63, 3.8) is 0 Å². The Morgan fingerprint density at radius 3 is 2.29 bits per heavy atom. The third-order valence-electron chi connectivity index (χ3n) is 2.39. The second-order valence-corrected chi connectivity index (χ2v) is 7.38. The molecule has 0 radical (unpaired) electrons. The van der Waals surface area contributed by atoms with Gasteiger partial charge in [-0.15, -0.1) is 0 Å². The maximum absolute atomic E-state index is 11.8. The van der Waals surface area contributed by atoms with Crippen LogP contribution < -0.4 is 0 Å². The Bertz CT molecular complexity index is 428. The summed E-state index contributed by atoms with van der Waals surface area (Å²) in [5.74, 6) is 0.376. The molecule has 0 spiro atoms. The number of sulfone groups is 1. The monoisotopic (exact) mass is 338 g/mol. The van der Waals surface area contributed by atoms with Gasteiger partial charge in [-0.05, 0) is 30.5 Å². The summed E-state index contributed by atoms with van der Waals surface area (Å²) in [7, 11) is -2.99. The highest BCUT2D eigenvalue weighted by Crippen LogP contribution is 2.13. The lowest BCUT2D eigenvalue weighted by molar-refractivity contribution is 0.590. The fraction of sp³-hybridized carbons (Fsp3) is 0.500. The van der Waals surface area contributed by atoms with Crippen molar-refractivity contribution in [2.24, 2.45) is 0 Å². The van der Waals surface area contributed by atoms with E-state index >= 15 is 0 Å². The molecule has 0 heterocycles. The maximum Gasteiger partial charge on any atom is 0.154 e. The third kappa shape index (κ3) is 6.43. The number of alkyl halides is 1. The van der Waals surface area contributed by atoms with Crippen molar-refractivity contribution in [2.75, 3.05) is 11.1 Å². The van der Waals surface area contributed by atoms with E-state index in [1.165, 1.54) is 0 Å². The zero-order chi connectivity index (χ0) is 12.7. The molecule has 0 atom stereocenters. The number of hydrogen-bond acceptors (Lipinski definition) is 2. The Morgan fingerprint density at radius 1 is 1.06 bits per heavy atom. The van der Waals surface area contributed by atoms with Gasteiger partial charge in [0.1, 0.15) is 0 Å². The topological polar surface area (TPSA) is 34.1 Å². The van der Waals surface area contributed by atoms with Crippen LogP contribution in [0.5, 0.6) is 0 Å². The number of halogens is 2. The lowest BCUT2D eigenvalue weighted by Gasteiger charge is -2.04. The van der Waals surface area contributed by atoms with Crippen LogP contribution in [0.3, 0.4) is 0 Å². The average molecular weight is 340 g/mol. The number of unbranched alkanes of at least 4 members (excludes halogenated alkanes) is 2. The van der Waals surface area contributed by atoms with Gasteiger partial charge in [0.2, 0.25) is 0 Å². The van der Waals surface area contributed by atoms with Gasteiger partial charge >= 0.3 is 0 Å². The van der Waals surface area contributed by atoms with Gasteiger partial charge in [0.05, 0.1) is 11.5 Å². The minimum absolute atomic E-state index is 0.110. The van der Waals surface area contributed by atoms with Crippen molar-refractivity contribution in [2.45, 2.75) is 25.0 Å². The summed E-state index contributed by atoms with van der Waals surface area (Å²) in [5, 5.41) is 1.56. The van der Waals surface area contributed by atoms with E-state index in [4.69, 9.17) is 11.6 Å². The zero-order valence-corrected chi connectivity index (χ0v) is 12.7. The molecule has 17 heavy (non-hydrogen) atoms. The van der Waals surface area contributed by atoms with Gasteiger partial charge in [0.25, 0.3) is 0 Å². The molecule has 0 N–H and O–H groups in total. The van der Waals surface area contributed by atoms with Crippen molar-refractivity contribution in [3.8, 4) is 0 Å². The molecule has 0 bridgehead atoms. The molecule has 1 aromatic carbocycles. The number of benzene rings is 1. The first-order chi connectivity index (χ1) is 8.03. The second kappa shape index (κ2) is 7.39. The van der Waals surface area contributed by atoms with E-state index < -0.39 is 9.84 Å². The molecule has 1 rings (SSSR count). The van der Waals surface area contributed by atoms with E-state index in [0.717, 1.165) is 30.2 Å². The van der Waals surface area contributed by atoms with Gasteiger partial charge < -0.3 is 0 Å². The van der Waals surface area contributed by atoms with Gasteiger partial charge in [0, 0.05) is 10.4 Å². The summed E-state index contributed by atoms with van der Waals surface area (Å²) >= 11 is 9.08. The number of rotatable bonds is 7. The SMILES string of the molecule is O=S(=O)(CCCCCBr)Cc1ccc(Cl)cc1. The molecule has 0 aliphatic carbocycles. The Morgan fingerprint density at radius 2 is 1.71 bits per heavy atom. The van der Waals surface area contributed by atoms with Crippen molar-refractivity contribution in [1.29, 1.82) is 0 Å². The predicted octanol–water partition coefficient (Wildman–Crippen LogP) is 3.82. The van der Waals surface area contributed by atoms with Crippen LogP contribution in [0.2, 0.25) is 5.02 Å². The minimum atomic E-state index is -2.99. The maximum atomic E-state index is 11.8. The smallest absolute Gasteiger partial charge is 0.154 e. The first-order valence-electron chi connectivity index (χ1n) is 5.54. The minimum Gasteiger partial charge on any atom is -0.228 e. The second-order valence-electron chi connectivity index (χ2n) is 3.97. The summed E-state index contributed by atoms with van der Waals surface area (Å²) in [4.78, 5) is 0. The molecule has 0 saturated heterocycles. The van der Waals surface area contributed by atoms with Crippen molar-refractivity contribution in [3.05, 3.63) is 34.9 Å². The van der Waals surface area contributed by atoms with E-state index in [1.807, 2.05) is 0 Å². The average Bonchev–Trinajstić information content (AvgIpc) is 2.27. The van der Waals surface area contributed by atoms with Crippen LogP contribution >= 0.6 is 27.5 Å². The summed E-state index contributed by atoms with van der Waals surface area (Å²) in [6.45, 7) is 0. The summed E-state index contributed by atoms with van der Waals surface area (Å²) in [5.41, 5.74) is 0.801. The third-order valence-corrected chi connectivity index (χ3v) is 4.89. The lowest BCUT2D eigenvalue weighted by atomic mass is 10.2. The standard InChI is InChI=1S/C12H16BrClO2S/c13-8-2-1-3-9-17(15,16)10-11-4-6-12(14)7-5-11/h4-7H,1-3,8-10H2. The molecular weight excluding hydrogens is 324 g/mol. The lowest BCUT2D eigenvalue weighted by Crippen LogP contribution is -2.09. The first kappa shape index (κ1) is 15.0. The predicted molar refractivity (Wildman–Crippen MR) is 76.6 cm³/mol. The Hall–Kier alpha value is -0.0600. The molecule has 1 aromatic rings. The highest BCUT2D eigenvalue weighted by molar-refractivity contribution is 9.09. The van der Waals surface area contributed by atoms with E-state index in [0.29, 0.717) is 5.02 Å². The van der Waals surface area contributed by atoms with E-state index in [1.54, 1.807) is 24.3 Å². The first-order valence-corrected chi connectivity index (χ1v) is 8.86. The van der Waals surface area contributed by atoms with Crippen molar-refractivity contribution < 1.29 is 8.42 Å². The van der Waals surface area contributed by atoms with Crippen LogP contribution in [-0.4, -0.2) is 19.5 Å². The van der Waals surface area contributed by atoms with Gasteiger partial charge in [-0.1, -0.05) is 46.1 Å². The van der Waals surface area contributed by atoms with Crippen LogP contribution in [-0.2, 0) is 15.6 Å². The fourth-order valence-corrected chi connectivity index (χ4v) is 3.51. The van der Waals surface area contributed by atoms with Gasteiger partial charge in [-0.25, -0.2) is 8.42 Å². The van der Waals surface area contributed by atoms with Crippen molar-refractivity contribution >= 4 is 37.4 Å². The molecule has 0 aliphatic heterocycles. The number of hydrogen-bond donors (Lipinski definition) is 0. The molecule has 0 fully saturated rings. The van der Waals surface area contributed by atoms with E-state index in [9.17, 15) is 8.42 Å². The van der Waals surface area contributed by atoms with Gasteiger partial charge in [-0.2, -0.15) is 0 Å². The molecular formula is C12H16BrClO2S. The zero-order valence-electron chi connectivity index (χ0n) is 9.53. The van der Waals surface area contributed by atoms with Gasteiger partial charge in [-0.3, -0.25) is 0 Å². The van der Waals surface area contributed by atoms with Crippen LogP contribution in [0.1, 0.15) is 24.8 Å². The van der Waals surface area contributed by atoms with E-state index in [-0.39, 0.29) is 11.5 Å². The van der Waals surface area contributed by atoms with Crippen LogP contribution in [0, 0.1) is 0 Å². The fourth-order valence-electron chi connectivity index (χ4n) is 1.50. The molecule has 96 valence electrons. The van der Waals surface area contributed by atoms with Crippen LogP contribution in [0.4, 0.5) is 0 Å². The quantitative estimate of drug-likeness (QED) is 0.559. The summed E-state index contributed by atoms with van der Waals surface area (Å²) in [6.07, 6.45) is 2.71. The summed E-state index contributed by atoms with van der Waals surface area (Å²) < 4.78 is 23.6. The Balaban J connectivity index is 2.46. The van der Waals surface area contributed by atoms with Crippen LogP contribution in [0.15, 0.2) is 24.3 Å². The normalized spacial score (nSPS) is 11.6. The van der Waals surface area contributed by atoms with Crippen LogP contribution in [0.25, 0.3) is 0 Å². The molecule has 0 amide bonds. The van der Waals surface area contributed by atoms with Gasteiger partial charge in [0.15, 0.2) is 9.84 Å². The molecule has 0 unspecified atom stereocenters. The Kier molecular flexibility index (Phi) is 6.52. The van der Waals surface area contributed by atoms with E-state index in [2.05, 4.69) is 15.9 Å². The summed E-state index contributed by atoms with van der Waals surface area (Å²) in [6, 6.07) is 6.96. The highest BCUT2D eigenvalue weighted by Gasteiger charge is 2.11. The molecule has 5 heteroatoms. The largest absolute Gasteiger partial charge is 0.228 e. The van der Waals surface area contributed by atoms with Crippen molar-refractivity contribution in [1.82, 2.24) is 0 Å². The molecule has 2 nitrogen and oxygen atoms in total. The molecule has 0 aromatic heterocycles.